The Kier molecular flexibility index (Phi) is 5.78. The van der Waals surface area contributed by atoms with Crippen molar-refractivity contribution in [1.29, 1.82) is 0 Å². The first-order valence-corrected chi connectivity index (χ1v) is 16.7. The summed E-state index contributed by atoms with van der Waals surface area (Å²) in [5, 5.41) is 4.86. The van der Waals surface area contributed by atoms with E-state index in [1.807, 2.05) is 11.3 Å². The Morgan fingerprint density at radius 3 is 1.89 bits per heavy atom. The second-order valence-corrected chi connectivity index (χ2v) is 13.2. The molecule has 0 saturated carbocycles. The molecule has 0 aliphatic carbocycles. The molecule has 0 aliphatic rings. The van der Waals surface area contributed by atoms with Crippen molar-refractivity contribution < 1.29 is 4.42 Å². The van der Waals surface area contributed by atoms with E-state index in [4.69, 9.17) is 4.42 Å². The highest BCUT2D eigenvalue weighted by molar-refractivity contribution is 7.25. The standard InChI is InChI=1S/C44H27NOS/c1-3-12-28(13-4-1)29-22-24-34-35-25-23-30(27-41(35)47-40(34)26-29)32-16-7-8-17-33(32)36-19-11-21-39-42(36)43-44(46-39)37-18-9-10-20-38(37)45(43)31-14-5-2-6-15-31/h1-27H. The van der Waals surface area contributed by atoms with E-state index in [1.54, 1.807) is 0 Å². The van der Waals surface area contributed by atoms with Crippen molar-refractivity contribution in [3.63, 3.8) is 0 Å². The highest BCUT2D eigenvalue weighted by Gasteiger charge is 2.22. The van der Waals surface area contributed by atoms with Gasteiger partial charge in [0.2, 0.25) is 0 Å². The van der Waals surface area contributed by atoms with Crippen LogP contribution in [-0.2, 0) is 0 Å². The number of aromatic nitrogens is 1. The van der Waals surface area contributed by atoms with E-state index in [1.165, 1.54) is 53.6 Å². The van der Waals surface area contributed by atoms with Crippen LogP contribution in [0.5, 0.6) is 0 Å². The summed E-state index contributed by atoms with van der Waals surface area (Å²) in [7, 11) is 0. The first-order chi connectivity index (χ1) is 23.3. The zero-order valence-electron chi connectivity index (χ0n) is 25.4. The molecular weight excluding hydrogens is 591 g/mol. The van der Waals surface area contributed by atoms with Crippen molar-refractivity contribution in [2.45, 2.75) is 0 Å². The van der Waals surface area contributed by atoms with Crippen LogP contribution >= 0.6 is 11.3 Å². The number of thiophene rings is 1. The number of fused-ring (bicyclic) bond motifs is 8. The number of benzene rings is 7. The van der Waals surface area contributed by atoms with Gasteiger partial charge in [0.15, 0.2) is 5.58 Å². The Bertz CT molecular complexity index is 2780. The zero-order valence-corrected chi connectivity index (χ0v) is 26.2. The Hall–Kier alpha value is -5.90. The molecule has 0 radical (unpaired) electrons. The average molecular weight is 618 g/mol. The van der Waals surface area contributed by atoms with Crippen LogP contribution in [0.15, 0.2) is 168 Å². The minimum atomic E-state index is 0.895. The molecule has 0 fully saturated rings. The topological polar surface area (TPSA) is 18.1 Å². The number of rotatable bonds is 4. The van der Waals surface area contributed by atoms with Crippen LogP contribution in [0.2, 0.25) is 0 Å². The molecule has 3 heteroatoms. The lowest BCUT2D eigenvalue weighted by atomic mass is 9.92. The molecule has 0 saturated heterocycles. The lowest BCUT2D eigenvalue weighted by Gasteiger charge is -2.13. The number of furan rings is 1. The molecule has 3 aromatic heterocycles. The number of para-hydroxylation sites is 2. The highest BCUT2D eigenvalue weighted by atomic mass is 32.1. The van der Waals surface area contributed by atoms with E-state index < -0.39 is 0 Å². The minimum Gasteiger partial charge on any atom is -0.454 e. The molecule has 10 rings (SSSR count). The van der Waals surface area contributed by atoms with Gasteiger partial charge in [-0.2, -0.15) is 0 Å². The number of hydrogen-bond acceptors (Lipinski definition) is 2. The molecule has 0 spiro atoms. The number of nitrogens with zero attached hydrogens (tertiary/aromatic N) is 1. The van der Waals surface area contributed by atoms with Crippen molar-refractivity contribution in [1.82, 2.24) is 4.57 Å². The summed E-state index contributed by atoms with van der Waals surface area (Å²) in [5.74, 6) is 0. The molecule has 7 aromatic carbocycles. The highest BCUT2D eigenvalue weighted by Crippen LogP contribution is 2.45. The van der Waals surface area contributed by atoms with E-state index in [2.05, 4.69) is 168 Å². The van der Waals surface area contributed by atoms with Crippen LogP contribution in [0.4, 0.5) is 0 Å². The Balaban J connectivity index is 1.19. The van der Waals surface area contributed by atoms with Crippen LogP contribution in [0.25, 0.3) is 92.2 Å². The third-order valence-electron chi connectivity index (χ3n) is 9.43. The summed E-state index contributed by atoms with van der Waals surface area (Å²) in [5.41, 5.74) is 12.5. The molecule has 0 atom stereocenters. The maximum absolute atomic E-state index is 6.69. The summed E-state index contributed by atoms with van der Waals surface area (Å²) in [6.45, 7) is 0. The zero-order chi connectivity index (χ0) is 30.9. The van der Waals surface area contributed by atoms with Gasteiger partial charge in [-0.05, 0) is 75.8 Å². The number of hydrogen-bond donors (Lipinski definition) is 0. The molecule has 2 nitrogen and oxygen atoms in total. The summed E-state index contributed by atoms with van der Waals surface area (Å²) >= 11 is 1.87. The fraction of sp³-hybridized carbons (Fsp3) is 0. The van der Waals surface area contributed by atoms with Crippen molar-refractivity contribution in [3.8, 4) is 39.1 Å². The molecule has 10 aromatic rings. The lowest BCUT2D eigenvalue weighted by Crippen LogP contribution is -1.94. The predicted molar refractivity (Wildman–Crippen MR) is 200 cm³/mol. The molecule has 0 N–H and O–H groups in total. The molecule has 0 unspecified atom stereocenters. The Labute approximate surface area is 275 Å². The van der Waals surface area contributed by atoms with Gasteiger partial charge in [-0.1, -0.05) is 121 Å². The fourth-order valence-corrected chi connectivity index (χ4v) is 8.49. The molecule has 220 valence electrons. The second kappa shape index (κ2) is 10.3. The van der Waals surface area contributed by atoms with Gasteiger partial charge in [-0.15, -0.1) is 11.3 Å². The molecule has 3 heterocycles. The largest absolute Gasteiger partial charge is 0.454 e. The lowest BCUT2D eigenvalue weighted by molar-refractivity contribution is 0.673. The van der Waals surface area contributed by atoms with Gasteiger partial charge < -0.3 is 8.98 Å². The summed E-state index contributed by atoms with van der Waals surface area (Å²) in [6, 6.07) is 58.8. The van der Waals surface area contributed by atoms with E-state index >= 15 is 0 Å². The van der Waals surface area contributed by atoms with Crippen molar-refractivity contribution in [2.24, 2.45) is 0 Å². The van der Waals surface area contributed by atoms with Crippen LogP contribution in [0.3, 0.4) is 0 Å². The minimum absolute atomic E-state index is 0.895. The van der Waals surface area contributed by atoms with Crippen molar-refractivity contribution in [2.75, 3.05) is 0 Å². The van der Waals surface area contributed by atoms with E-state index in [9.17, 15) is 0 Å². The van der Waals surface area contributed by atoms with Crippen LogP contribution in [0, 0.1) is 0 Å². The normalized spacial score (nSPS) is 11.8. The molecule has 47 heavy (non-hydrogen) atoms. The third kappa shape index (κ3) is 4.04. The molecule has 0 bridgehead atoms. The van der Waals surface area contributed by atoms with Gasteiger partial charge in [0, 0.05) is 31.2 Å². The van der Waals surface area contributed by atoms with Gasteiger partial charge in [-0.3, -0.25) is 0 Å². The maximum Gasteiger partial charge on any atom is 0.161 e. The second-order valence-electron chi connectivity index (χ2n) is 12.1. The SMILES string of the molecule is c1ccc(-c2ccc3c(c2)sc2cc(-c4ccccc4-c4cccc5oc6c7ccccc7n(-c7ccccc7)c6c45)ccc23)cc1. The monoisotopic (exact) mass is 617 g/mol. The fourth-order valence-electron chi connectivity index (χ4n) is 7.30. The predicted octanol–water partition coefficient (Wildman–Crippen LogP) is 12.9. The van der Waals surface area contributed by atoms with Gasteiger partial charge in [0.1, 0.15) is 11.1 Å². The van der Waals surface area contributed by atoms with Crippen molar-refractivity contribution >= 4 is 64.5 Å². The third-order valence-corrected chi connectivity index (χ3v) is 10.5. The van der Waals surface area contributed by atoms with E-state index in [-0.39, 0.29) is 0 Å². The van der Waals surface area contributed by atoms with Crippen LogP contribution < -0.4 is 0 Å². The summed E-state index contributed by atoms with van der Waals surface area (Å²) in [4.78, 5) is 0. The van der Waals surface area contributed by atoms with E-state index in [0.29, 0.717) is 0 Å². The smallest absolute Gasteiger partial charge is 0.161 e. The molecular formula is C44H27NOS. The average Bonchev–Trinajstić information content (AvgIpc) is 3.80. The van der Waals surface area contributed by atoms with E-state index in [0.717, 1.165) is 38.7 Å². The summed E-state index contributed by atoms with van der Waals surface area (Å²) < 4.78 is 11.7. The van der Waals surface area contributed by atoms with Crippen LogP contribution in [0.1, 0.15) is 0 Å². The Morgan fingerprint density at radius 2 is 1.09 bits per heavy atom. The van der Waals surface area contributed by atoms with Crippen LogP contribution in [-0.4, -0.2) is 4.57 Å². The molecule has 0 amide bonds. The maximum atomic E-state index is 6.69. The molecule has 0 aliphatic heterocycles. The van der Waals surface area contributed by atoms with Gasteiger partial charge in [0.25, 0.3) is 0 Å². The first-order valence-electron chi connectivity index (χ1n) is 15.9. The van der Waals surface area contributed by atoms with Crippen molar-refractivity contribution in [3.05, 3.63) is 164 Å². The van der Waals surface area contributed by atoms with Gasteiger partial charge in [-0.25, -0.2) is 0 Å². The quantitative estimate of drug-likeness (QED) is 0.192. The van der Waals surface area contributed by atoms with Gasteiger partial charge >= 0.3 is 0 Å². The first kappa shape index (κ1) is 26.3. The van der Waals surface area contributed by atoms with Gasteiger partial charge in [0.05, 0.1) is 10.9 Å². The Morgan fingerprint density at radius 1 is 0.447 bits per heavy atom. The summed E-state index contributed by atoms with van der Waals surface area (Å²) in [6.07, 6.45) is 0.